The van der Waals surface area contributed by atoms with Crippen molar-refractivity contribution in [2.45, 2.75) is 19.4 Å². The summed E-state index contributed by atoms with van der Waals surface area (Å²) in [6, 6.07) is 15.5. The molecule has 1 heterocycles. The summed E-state index contributed by atoms with van der Waals surface area (Å²) in [5.74, 6) is 0.716. The molecule has 0 radical (unpaired) electrons. The Bertz CT molecular complexity index is 597. The number of aryl methyl sites for hydroxylation is 1. The van der Waals surface area contributed by atoms with Gasteiger partial charge >= 0.3 is 0 Å². The van der Waals surface area contributed by atoms with Gasteiger partial charge in [0.1, 0.15) is 5.75 Å². The van der Waals surface area contributed by atoms with Crippen LogP contribution in [0.25, 0.3) is 0 Å². The van der Waals surface area contributed by atoms with Crippen molar-refractivity contribution in [3.8, 4) is 5.75 Å². The molecule has 0 bridgehead atoms. The first kappa shape index (κ1) is 11.8. The van der Waals surface area contributed by atoms with E-state index >= 15 is 0 Å². The minimum Gasteiger partial charge on any atom is -0.480 e. The number of rotatable bonds is 2. The molecule has 96 valence electrons. The van der Waals surface area contributed by atoms with Gasteiger partial charge in [-0.25, -0.2) is 0 Å². The van der Waals surface area contributed by atoms with Crippen LogP contribution in [0.5, 0.6) is 5.75 Å². The Morgan fingerprint density at radius 1 is 1.21 bits per heavy atom. The molecule has 0 aliphatic carbocycles. The van der Waals surface area contributed by atoms with E-state index in [4.69, 9.17) is 4.74 Å². The van der Waals surface area contributed by atoms with Crippen molar-refractivity contribution < 1.29 is 9.53 Å². The van der Waals surface area contributed by atoms with E-state index in [9.17, 15) is 4.79 Å². The predicted octanol–water partition coefficient (Wildman–Crippen LogP) is 2.94. The van der Waals surface area contributed by atoms with Crippen molar-refractivity contribution in [2.24, 2.45) is 0 Å². The molecule has 1 N–H and O–H groups in total. The molecule has 0 saturated carbocycles. The van der Waals surface area contributed by atoms with E-state index in [0.717, 1.165) is 22.6 Å². The summed E-state index contributed by atoms with van der Waals surface area (Å²) in [5, 5.41) is 2.90. The van der Waals surface area contributed by atoms with Gasteiger partial charge in [-0.3, -0.25) is 4.79 Å². The maximum atomic E-state index is 12.2. The molecule has 1 aliphatic heterocycles. The van der Waals surface area contributed by atoms with Gasteiger partial charge in [0.15, 0.2) is 6.10 Å². The molecule has 1 unspecified atom stereocenters. The number of hydrogen-bond acceptors (Lipinski definition) is 2. The van der Waals surface area contributed by atoms with E-state index in [1.165, 1.54) is 0 Å². The first-order chi connectivity index (χ1) is 9.22. The van der Waals surface area contributed by atoms with Crippen molar-refractivity contribution in [3.63, 3.8) is 0 Å². The Kier molecular flexibility index (Phi) is 2.95. The maximum absolute atomic E-state index is 12.2. The number of para-hydroxylation sites is 1. The highest BCUT2D eigenvalue weighted by atomic mass is 16.5. The van der Waals surface area contributed by atoms with Gasteiger partial charge in [-0.05, 0) is 36.2 Å². The van der Waals surface area contributed by atoms with E-state index in [0.29, 0.717) is 6.42 Å². The van der Waals surface area contributed by atoms with Crippen LogP contribution in [-0.2, 0) is 11.2 Å². The molecule has 2 aromatic carbocycles. The van der Waals surface area contributed by atoms with Crippen LogP contribution in [0.3, 0.4) is 0 Å². The summed E-state index contributed by atoms with van der Waals surface area (Å²) in [6.45, 7) is 2.00. The number of hydrogen-bond donors (Lipinski definition) is 1. The van der Waals surface area contributed by atoms with Gasteiger partial charge in [0.2, 0.25) is 0 Å². The fourth-order valence-electron chi connectivity index (χ4n) is 2.27. The first-order valence-corrected chi connectivity index (χ1v) is 6.34. The predicted molar refractivity (Wildman–Crippen MR) is 74.4 cm³/mol. The van der Waals surface area contributed by atoms with Crippen LogP contribution in [-0.4, -0.2) is 12.0 Å². The van der Waals surface area contributed by atoms with Gasteiger partial charge in [-0.15, -0.1) is 0 Å². The lowest BCUT2D eigenvalue weighted by atomic mass is 10.1. The summed E-state index contributed by atoms with van der Waals surface area (Å²) in [5.41, 5.74) is 3.02. The van der Waals surface area contributed by atoms with Crippen LogP contribution in [0.1, 0.15) is 11.1 Å². The molecule has 2 aromatic rings. The van der Waals surface area contributed by atoms with E-state index in [2.05, 4.69) is 5.32 Å². The molecule has 3 nitrogen and oxygen atoms in total. The minimum absolute atomic E-state index is 0.0956. The van der Waals surface area contributed by atoms with Crippen molar-refractivity contribution in [1.82, 2.24) is 0 Å². The van der Waals surface area contributed by atoms with E-state index in [-0.39, 0.29) is 5.91 Å². The van der Waals surface area contributed by atoms with Crippen LogP contribution in [0.2, 0.25) is 0 Å². The number of benzene rings is 2. The van der Waals surface area contributed by atoms with Gasteiger partial charge in [-0.2, -0.15) is 0 Å². The molecule has 19 heavy (non-hydrogen) atoms. The average Bonchev–Trinajstić information content (AvgIpc) is 2.82. The molecular weight excluding hydrogens is 238 g/mol. The Labute approximate surface area is 112 Å². The first-order valence-electron chi connectivity index (χ1n) is 6.34. The lowest BCUT2D eigenvalue weighted by molar-refractivity contribution is -0.122. The fourth-order valence-corrected chi connectivity index (χ4v) is 2.27. The Morgan fingerprint density at radius 2 is 2.05 bits per heavy atom. The summed E-state index contributed by atoms with van der Waals surface area (Å²) in [7, 11) is 0. The standard InChI is InChI=1S/C16H15NO2/c1-11-5-4-7-13(9-11)17-16(18)15-10-12-6-2-3-8-14(12)19-15/h2-9,15H,10H2,1H3,(H,17,18). The highest BCUT2D eigenvalue weighted by Crippen LogP contribution is 2.28. The van der Waals surface area contributed by atoms with Crippen LogP contribution in [0.15, 0.2) is 48.5 Å². The minimum atomic E-state index is -0.432. The summed E-state index contributed by atoms with van der Waals surface area (Å²) >= 11 is 0. The Hall–Kier alpha value is -2.29. The number of carbonyl (C=O) groups is 1. The summed E-state index contributed by atoms with van der Waals surface area (Å²) < 4.78 is 5.66. The SMILES string of the molecule is Cc1cccc(NC(=O)C2Cc3ccccc3O2)c1. The molecule has 3 rings (SSSR count). The number of carbonyl (C=O) groups excluding carboxylic acids is 1. The second kappa shape index (κ2) is 4.76. The van der Waals surface area contributed by atoms with Crippen molar-refractivity contribution in [2.75, 3.05) is 5.32 Å². The largest absolute Gasteiger partial charge is 0.480 e. The molecule has 1 amide bonds. The van der Waals surface area contributed by atoms with Crippen molar-refractivity contribution >= 4 is 11.6 Å². The zero-order valence-corrected chi connectivity index (χ0v) is 10.7. The van der Waals surface area contributed by atoms with Crippen LogP contribution >= 0.6 is 0 Å². The number of ether oxygens (including phenoxy) is 1. The van der Waals surface area contributed by atoms with Crippen molar-refractivity contribution in [1.29, 1.82) is 0 Å². The molecule has 1 aliphatic rings. The molecule has 0 aromatic heterocycles. The quantitative estimate of drug-likeness (QED) is 0.893. The smallest absolute Gasteiger partial charge is 0.265 e. The summed E-state index contributed by atoms with van der Waals surface area (Å²) in [4.78, 5) is 12.2. The number of fused-ring (bicyclic) bond motifs is 1. The molecular formula is C16H15NO2. The van der Waals surface area contributed by atoms with Gasteiger partial charge < -0.3 is 10.1 Å². The zero-order valence-electron chi connectivity index (χ0n) is 10.7. The average molecular weight is 253 g/mol. The van der Waals surface area contributed by atoms with E-state index in [1.54, 1.807) is 0 Å². The van der Waals surface area contributed by atoms with Crippen LogP contribution in [0.4, 0.5) is 5.69 Å². The van der Waals surface area contributed by atoms with Gasteiger partial charge in [-0.1, -0.05) is 30.3 Å². The third kappa shape index (κ3) is 2.45. The number of amides is 1. The molecule has 1 atom stereocenters. The number of anilines is 1. The second-order valence-electron chi connectivity index (χ2n) is 4.78. The fraction of sp³-hybridized carbons (Fsp3) is 0.188. The van der Waals surface area contributed by atoms with Gasteiger partial charge in [0.25, 0.3) is 5.91 Å². The zero-order chi connectivity index (χ0) is 13.2. The molecule has 3 heteroatoms. The number of nitrogens with one attached hydrogen (secondary N) is 1. The highest BCUT2D eigenvalue weighted by molar-refractivity contribution is 5.95. The monoisotopic (exact) mass is 253 g/mol. The Morgan fingerprint density at radius 3 is 2.84 bits per heavy atom. The molecule has 0 fully saturated rings. The Balaban J connectivity index is 1.70. The van der Waals surface area contributed by atoms with E-state index < -0.39 is 6.10 Å². The van der Waals surface area contributed by atoms with Crippen LogP contribution in [0, 0.1) is 6.92 Å². The third-order valence-electron chi connectivity index (χ3n) is 3.23. The molecule has 0 saturated heterocycles. The van der Waals surface area contributed by atoms with Crippen LogP contribution < -0.4 is 10.1 Å². The maximum Gasteiger partial charge on any atom is 0.265 e. The third-order valence-corrected chi connectivity index (χ3v) is 3.23. The highest BCUT2D eigenvalue weighted by Gasteiger charge is 2.28. The lowest BCUT2D eigenvalue weighted by Gasteiger charge is -2.11. The van der Waals surface area contributed by atoms with Gasteiger partial charge in [0, 0.05) is 12.1 Å². The topological polar surface area (TPSA) is 38.3 Å². The normalized spacial score (nSPS) is 16.6. The van der Waals surface area contributed by atoms with Crippen molar-refractivity contribution in [3.05, 3.63) is 59.7 Å². The van der Waals surface area contributed by atoms with E-state index in [1.807, 2.05) is 55.5 Å². The second-order valence-corrected chi connectivity index (χ2v) is 4.78. The lowest BCUT2D eigenvalue weighted by Crippen LogP contribution is -2.31. The molecule has 0 spiro atoms. The van der Waals surface area contributed by atoms with Gasteiger partial charge in [0.05, 0.1) is 0 Å². The summed E-state index contributed by atoms with van der Waals surface area (Å²) in [6.07, 6.45) is 0.200.